The van der Waals surface area contributed by atoms with Crippen LogP contribution in [0.15, 0.2) is 78.9 Å². The Labute approximate surface area is 337 Å². The SMILES string of the molecule is CC1(C)CCN2CCC(C)(C)c3cc(N(c4ccc(-c5ccc(/C=C/c6ccc(O)c(O)c6)s5)cc4)c4cc5c6c(c4)C(C)(C)CCN6CCC5(C)C)cc1c32. The third-order valence-electron chi connectivity index (χ3n) is 13.8. The third-order valence-corrected chi connectivity index (χ3v) is 14.9. The van der Waals surface area contributed by atoms with E-state index >= 15 is 0 Å². The molecule has 0 bridgehead atoms. The molecule has 0 aliphatic carbocycles. The molecule has 5 nitrogen and oxygen atoms in total. The molecule has 0 atom stereocenters. The van der Waals surface area contributed by atoms with Crippen LogP contribution in [-0.4, -0.2) is 36.4 Å². The summed E-state index contributed by atoms with van der Waals surface area (Å²) in [6.45, 7) is 24.1. The van der Waals surface area contributed by atoms with Crippen LogP contribution in [0, 0.1) is 0 Å². The van der Waals surface area contributed by atoms with E-state index in [2.05, 4.69) is 137 Å². The second-order valence-electron chi connectivity index (χ2n) is 19.5. The van der Waals surface area contributed by atoms with E-state index in [4.69, 9.17) is 0 Å². The van der Waals surface area contributed by atoms with Crippen LogP contribution in [0.3, 0.4) is 0 Å². The van der Waals surface area contributed by atoms with Crippen molar-refractivity contribution >= 4 is 51.9 Å². The molecule has 0 amide bonds. The topological polar surface area (TPSA) is 50.2 Å². The Morgan fingerprint density at radius 3 is 1.43 bits per heavy atom. The number of hydrogen-bond acceptors (Lipinski definition) is 6. The molecule has 4 aromatic carbocycles. The summed E-state index contributed by atoms with van der Waals surface area (Å²) in [7, 11) is 0. The second kappa shape index (κ2) is 12.9. The van der Waals surface area contributed by atoms with Crippen molar-refractivity contribution < 1.29 is 10.2 Å². The smallest absolute Gasteiger partial charge is 0.157 e. The molecule has 0 unspecified atom stereocenters. The zero-order valence-corrected chi connectivity index (χ0v) is 35.3. The molecule has 56 heavy (non-hydrogen) atoms. The van der Waals surface area contributed by atoms with Gasteiger partial charge in [-0.15, -0.1) is 11.3 Å². The number of nitrogens with zero attached hydrogens (tertiary/aromatic N) is 3. The standard InChI is InChI=1S/C50H57N3O2S/c1-47(2)19-23-51-24-20-48(3,4)39-29-35(28-38(47)45(39)51)53(36-30-40-46-41(31-36)50(7,8)22-26-52(46)25-21-49(40,5)6)34-13-11-33(12-14-34)44-18-16-37(56-44)15-9-32-10-17-42(54)43(55)27-32/h9-18,27-31,54-55H,19-26H2,1-8H3/b15-9+. The summed E-state index contributed by atoms with van der Waals surface area (Å²) < 4.78 is 0. The summed E-state index contributed by atoms with van der Waals surface area (Å²) in [4.78, 5) is 10.3. The second-order valence-corrected chi connectivity index (χ2v) is 20.6. The number of hydrogen-bond donors (Lipinski definition) is 2. The zero-order chi connectivity index (χ0) is 39.4. The average molecular weight is 764 g/mol. The number of thiophene rings is 1. The lowest BCUT2D eigenvalue weighted by Gasteiger charge is -2.49. The largest absolute Gasteiger partial charge is 0.504 e. The maximum atomic E-state index is 9.94. The van der Waals surface area contributed by atoms with E-state index in [0.717, 1.165) is 62.3 Å². The van der Waals surface area contributed by atoms with Crippen LogP contribution in [0.5, 0.6) is 11.5 Å². The Morgan fingerprint density at radius 2 is 0.982 bits per heavy atom. The Hall–Kier alpha value is -4.68. The maximum absolute atomic E-state index is 9.94. The minimum Gasteiger partial charge on any atom is -0.504 e. The van der Waals surface area contributed by atoms with Crippen LogP contribution in [0.1, 0.15) is 114 Å². The van der Waals surface area contributed by atoms with Gasteiger partial charge in [0, 0.05) is 64.4 Å². The van der Waals surface area contributed by atoms with Gasteiger partial charge in [-0.25, -0.2) is 0 Å². The fourth-order valence-electron chi connectivity index (χ4n) is 9.75. The van der Waals surface area contributed by atoms with Crippen LogP contribution in [0.2, 0.25) is 0 Å². The van der Waals surface area contributed by atoms with Gasteiger partial charge in [-0.05, 0) is 147 Å². The molecule has 5 aromatic rings. The zero-order valence-electron chi connectivity index (χ0n) is 34.5. The highest BCUT2D eigenvalue weighted by atomic mass is 32.1. The van der Waals surface area contributed by atoms with Crippen LogP contribution in [0.25, 0.3) is 22.6 Å². The van der Waals surface area contributed by atoms with Crippen molar-refractivity contribution in [3.63, 3.8) is 0 Å². The first kappa shape index (κ1) is 36.9. The van der Waals surface area contributed by atoms with Crippen LogP contribution < -0.4 is 14.7 Å². The first-order valence-electron chi connectivity index (χ1n) is 20.6. The highest BCUT2D eigenvalue weighted by Gasteiger charge is 2.43. The fraction of sp³-hybridized carbons (Fsp3) is 0.400. The van der Waals surface area contributed by atoms with Gasteiger partial charge in [0.2, 0.25) is 0 Å². The number of anilines is 5. The minimum atomic E-state index is -0.110. The maximum Gasteiger partial charge on any atom is 0.157 e. The van der Waals surface area contributed by atoms with Crippen molar-refractivity contribution in [1.82, 2.24) is 0 Å². The Kier molecular flexibility index (Phi) is 8.52. The highest BCUT2D eigenvalue weighted by Crippen LogP contribution is 2.55. The molecule has 0 saturated heterocycles. The number of benzene rings is 4. The van der Waals surface area contributed by atoms with Gasteiger partial charge < -0.3 is 24.9 Å². The van der Waals surface area contributed by atoms with E-state index in [1.807, 2.05) is 6.08 Å². The van der Waals surface area contributed by atoms with Gasteiger partial charge >= 0.3 is 0 Å². The summed E-state index contributed by atoms with van der Waals surface area (Å²) in [6, 6.07) is 28.6. The van der Waals surface area contributed by atoms with Crippen molar-refractivity contribution in [1.29, 1.82) is 0 Å². The first-order valence-corrected chi connectivity index (χ1v) is 21.4. The van der Waals surface area contributed by atoms with Crippen molar-refractivity contribution in [2.24, 2.45) is 0 Å². The number of aromatic hydroxyl groups is 2. The van der Waals surface area contributed by atoms with Gasteiger partial charge in [0.15, 0.2) is 11.5 Å². The number of phenolic OH excluding ortho intramolecular Hbond substituents is 2. The number of rotatable bonds is 6. The monoisotopic (exact) mass is 763 g/mol. The molecule has 4 aliphatic heterocycles. The van der Waals surface area contributed by atoms with Gasteiger partial charge in [-0.3, -0.25) is 0 Å². The van der Waals surface area contributed by atoms with Gasteiger partial charge in [-0.2, -0.15) is 0 Å². The van der Waals surface area contributed by atoms with E-state index in [0.29, 0.717) is 0 Å². The summed E-state index contributed by atoms with van der Waals surface area (Å²) in [5.74, 6) is -0.217. The fourth-order valence-corrected chi connectivity index (χ4v) is 10.7. The quantitative estimate of drug-likeness (QED) is 0.169. The van der Waals surface area contributed by atoms with E-state index < -0.39 is 0 Å². The van der Waals surface area contributed by atoms with Gasteiger partial charge in [0.25, 0.3) is 0 Å². The molecule has 1 aromatic heterocycles. The van der Waals surface area contributed by atoms with E-state index in [1.54, 1.807) is 23.5 Å². The van der Waals surface area contributed by atoms with Crippen LogP contribution in [-0.2, 0) is 21.7 Å². The summed E-state index contributed by atoms with van der Waals surface area (Å²) in [5.41, 5.74) is 15.0. The van der Waals surface area contributed by atoms with E-state index in [-0.39, 0.29) is 33.2 Å². The molecule has 0 fully saturated rings. The molecule has 0 radical (unpaired) electrons. The van der Waals surface area contributed by atoms with Crippen molar-refractivity contribution in [3.8, 4) is 21.9 Å². The summed E-state index contributed by atoms with van der Waals surface area (Å²) in [5, 5.41) is 19.7. The van der Waals surface area contributed by atoms with E-state index in [9.17, 15) is 10.2 Å². The Balaban J connectivity index is 1.18. The highest BCUT2D eigenvalue weighted by molar-refractivity contribution is 7.16. The lowest BCUT2D eigenvalue weighted by molar-refractivity contribution is 0.401. The average Bonchev–Trinajstić information content (AvgIpc) is 3.63. The number of phenols is 2. The first-order chi connectivity index (χ1) is 26.5. The minimum absolute atomic E-state index is 0.0832. The molecular formula is C50H57N3O2S. The predicted molar refractivity (Wildman–Crippen MR) is 238 cm³/mol. The molecule has 5 heterocycles. The summed E-state index contributed by atoms with van der Waals surface area (Å²) >= 11 is 1.75. The van der Waals surface area contributed by atoms with Crippen molar-refractivity contribution in [2.75, 3.05) is 40.9 Å². The van der Waals surface area contributed by atoms with Gasteiger partial charge in [0.1, 0.15) is 0 Å². The molecule has 4 aliphatic rings. The normalized spacial score (nSPS) is 19.8. The van der Waals surface area contributed by atoms with E-state index in [1.165, 1.54) is 67.2 Å². The molecule has 0 saturated carbocycles. The Bertz CT molecular complexity index is 2200. The Morgan fingerprint density at radius 1 is 0.518 bits per heavy atom. The lowest BCUT2D eigenvalue weighted by Crippen LogP contribution is -2.45. The molecule has 0 spiro atoms. The predicted octanol–water partition coefficient (Wildman–Crippen LogP) is 12.8. The van der Waals surface area contributed by atoms with Crippen LogP contribution >= 0.6 is 11.3 Å². The van der Waals surface area contributed by atoms with Crippen molar-refractivity contribution in [3.05, 3.63) is 112 Å². The molecule has 6 heteroatoms. The lowest BCUT2D eigenvalue weighted by atomic mass is 9.69. The summed E-state index contributed by atoms with van der Waals surface area (Å²) in [6.07, 6.45) is 8.68. The molecule has 2 N–H and O–H groups in total. The van der Waals surface area contributed by atoms with Gasteiger partial charge in [-0.1, -0.05) is 79.7 Å². The van der Waals surface area contributed by atoms with Gasteiger partial charge in [0.05, 0.1) is 0 Å². The molecule has 290 valence electrons. The van der Waals surface area contributed by atoms with Crippen molar-refractivity contribution in [2.45, 2.75) is 103 Å². The molecular weight excluding hydrogens is 707 g/mol. The third kappa shape index (κ3) is 6.20. The molecule has 9 rings (SSSR count). The van der Waals surface area contributed by atoms with Crippen LogP contribution in [0.4, 0.5) is 28.4 Å².